The number of fused-ring (bicyclic) bond motifs is 1. The zero-order chi connectivity index (χ0) is 20.8. The average molecular weight is 417 g/mol. The van der Waals surface area contributed by atoms with E-state index in [9.17, 15) is 4.79 Å². The van der Waals surface area contributed by atoms with Crippen molar-refractivity contribution >= 4 is 34.6 Å². The fourth-order valence-electron chi connectivity index (χ4n) is 3.59. The Kier molecular flexibility index (Phi) is 6.25. The van der Waals surface area contributed by atoms with Gasteiger partial charge in [-0.25, -0.2) is 0 Å². The Labute approximate surface area is 181 Å². The third kappa shape index (κ3) is 4.96. The normalized spacial score (nSPS) is 15.8. The summed E-state index contributed by atoms with van der Waals surface area (Å²) in [5, 5.41) is 13.3. The van der Waals surface area contributed by atoms with E-state index < -0.39 is 6.04 Å². The molecule has 6 heteroatoms. The SMILES string of the molecule is O=C(N[C@H]1CNc2ccccc2C1)[C@H](NC(=S)Nc1ccccc1)c1ccccc1. The van der Waals surface area contributed by atoms with Crippen LogP contribution in [0.25, 0.3) is 0 Å². The van der Waals surface area contributed by atoms with E-state index in [1.54, 1.807) is 0 Å². The molecule has 3 aromatic rings. The number of amides is 1. The lowest BCUT2D eigenvalue weighted by Crippen LogP contribution is -2.49. The van der Waals surface area contributed by atoms with E-state index in [1.807, 2.05) is 72.8 Å². The second kappa shape index (κ2) is 9.41. The van der Waals surface area contributed by atoms with Crippen LogP contribution in [0.2, 0.25) is 0 Å². The van der Waals surface area contributed by atoms with Gasteiger partial charge in [0.15, 0.2) is 5.11 Å². The topological polar surface area (TPSA) is 65.2 Å². The van der Waals surface area contributed by atoms with Gasteiger partial charge in [0.1, 0.15) is 6.04 Å². The summed E-state index contributed by atoms with van der Waals surface area (Å²) in [6.07, 6.45) is 0.795. The molecule has 1 aliphatic heterocycles. The summed E-state index contributed by atoms with van der Waals surface area (Å²) in [7, 11) is 0. The van der Waals surface area contributed by atoms with Crippen LogP contribution in [-0.2, 0) is 11.2 Å². The van der Waals surface area contributed by atoms with Crippen molar-refractivity contribution in [2.75, 3.05) is 17.2 Å². The lowest BCUT2D eigenvalue weighted by molar-refractivity contribution is -0.123. The Bertz CT molecular complexity index is 1010. The molecule has 0 bridgehead atoms. The standard InChI is InChI=1S/C24H24N4OS/c29-23(26-20-15-18-11-7-8-14-21(18)25-16-20)22(17-9-3-1-4-10-17)28-24(30)27-19-12-5-2-6-13-19/h1-14,20,22,25H,15-16H2,(H,26,29)(H2,27,28,30)/t20-,22-/m1/s1. The molecule has 1 amide bonds. The van der Waals surface area contributed by atoms with Crippen molar-refractivity contribution < 1.29 is 4.79 Å². The lowest BCUT2D eigenvalue weighted by atomic mass is 9.99. The van der Waals surface area contributed by atoms with Crippen LogP contribution < -0.4 is 21.3 Å². The molecule has 0 aromatic heterocycles. The Balaban J connectivity index is 1.46. The van der Waals surface area contributed by atoms with Gasteiger partial charge in [0.2, 0.25) is 5.91 Å². The molecule has 0 aliphatic carbocycles. The number of hydrogen-bond acceptors (Lipinski definition) is 3. The molecule has 1 heterocycles. The Morgan fingerprint density at radius 3 is 2.37 bits per heavy atom. The number of carbonyl (C=O) groups excluding carboxylic acids is 1. The molecule has 2 atom stereocenters. The van der Waals surface area contributed by atoms with E-state index in [4.69, 9.17) is 12.2 Å². The van der Waals surface area contributed by atoms with Gasteiger partial charge >= 0.3 is 0 Å². The fourth-order valence-corrected chi connectivity index (χ4v) is 3.83. The highest BCUT2D eigenvalue weighted by atomic mass is 32.1. The van der Waals surface area contributed by atoms with Gasteiger partial charge in [0, 0.05) is 17.9 Å². The molecule has 3 aromatic carbocycles. The summed E-state index contributed by atoms with van der Waals surface area (Å²) >= 11 is 5.47. The molecule has 152 valence electrons. The van der Waals surface area contributed by atoms with Gasteiger partial charge in [-0.2, -0.15) is 0 Å². The molecule has 30 heavy (non-hydrogen) atoms. The number of anilines is 2. The number of nitrogens with one attached hydrogen (secondary N) is 4. The van der Waals surface area contributed by atoms with Gasteiger partial charge in [-0.05, 0) is 48.0 Å². The van der Waals surface area contributed by atoms with Gasteiger partial charge in [-0.15, -0.1) is 0 Å². The molecule has 1 aliphatic rings. The molecule has 5 nitrogen and oxygen atoms in total. The summed E-state index contributed by atoms with van der Waals surface area (Å²) in [5.74, 6) is -0.107. The van der Waals surface area contributed by atoms with E-state index in [-0.39, 0.29) is 11.9 Å². The molecular formula is C24H24N4OS. The fraction of sp³-hybridized carbons (Fsp3) is 0.167. The number of para-hydroxylation sites is 2. The minimum absolute atomic E-state index is 0.0102. The second-order valence-corrected chi connectivity index (χ2v) is 7.66. The van der Waals surface area contributed by atoms with Crippen LogP contribution in [0.15, 0.2) is 84.9 Å². The van der Waals surface area contributed by atoms with Crippen LogP contribution >= 0.6 is 12.2 Å². The Morgan fingerprint density at radius 2 is 1.60 bits per heavy atom. The van der Waals surface area contributed by atoms with Crippen LogP contribution in [0, 0.1) is 0 Å². The zero-order valence-electron chi connectivity index (χ0n) is 16.5. The van der Waals surface area contributed by atoms with Crippen molar-refractivity contribution in [3.8, 4) is 0 Å². The van der Waals surface area contributed by atoms with Crippen LogP contribution in [0.1, 0.15) is 17.2 Å². The van der Waals surface area contributed by atoms with E-state index in [1.165, 1.54) is 5.56 Å². The maximum Gasteiger partial charge on any atom is 0.247 e. The van der Waals surface area contributed by atoms with Gasteiger partial charge in [-0.1, -0.05) is 66.7 Å². The highest BCUT2D eigenvalue weighted by Crippen LogP contribution is 2.22. The molecular weight excluding hydrogens is 392 g/mol. The van der Waals surface area contributed by atoms with Crippen molar-refractivity contribution in [3.05, 3.63) is 96.1 Å². The van der Waals surface area contributed by atoms with Gasteiger partial charge in [0.25, 0.3) is 0 Å². The Morgan fingerprint density at radius 1 is 0.933 bits per heavy atom. The largest absolute Gasteiger partial charge is 0.383 e. The van der Waals surface area contributed by atoms with Crippen molar-refractivity contribution in [2.24, 2.45) is 0 Å². The molecule has 0 saturated heterocycles. The molecule has 0 radical (unpaired) electrons. The Hall–Kier alpha value is -3.38. The maximum atomic E-state index is 13.2. The zero-order valence-corrected chi connectivity index (χ0v) is 17.3. The molecule has 0 fully saturated rings. The third-order valence-electron chi connectivity index (χ3n) is 5.07. The van der Waals surface area contributed by atoms with Crippen LogP contribution in [-0.4, -0.2) is 23.6 Å². The monoisotopic (exact) mass is 416 g/mol. The molecule has 0 unspecified atom stereocenters. The molecule has 0 spiro atoms. The second-order valence-electron chi connectivity index (χ2n) is 7.26. The number of carbonyl (C=O) groups is 1. The summed E-state index contributed by atoms with van der Waals surface area (Å²) in [4.78, 5) is 13.2. The molecule has 0 saturated carbocycles. The average Bonchev–Trinajstić information content (AvgIpc) is 2.78. The predicted molar refractivity (Wildman–Crippen MR) is 126 cm³/mol. The van der Waals surface area contributed by atoms with Gasteiger partial charge < -0.3 is 21.3 Å². The van der Waals surface area contributed by atoms with Crippen molar-refractivity contribution in [1.29, 1.82) is 0 Å². The van der Waals surface area contributed by atoms with Crippen LogP contribution in [0.5, 0.6) is 0 Å². The van der Waals surface area contributed by atoms with Gasteiger partial charge in [0.05, 0.1) is 6.04 Å². The highest BCUT2D eigenvalue weighted by Gasteiger charge is 2.26. The van der Waals surface area contributed by atoms with Crippen molar-refractivity contribution in [2.45, 2.75) is 18.5 Å². The number of rotatable bonds is 5. The summed E-state index contributed by atoms with van der Waals surface area (Å²) < 4.78 is 0. The minimum atomic E-state index is -0.591. The summed E-state index contributed by atoms with van der Waals surface area (Å²) in [5.41, 5.74) is 4.07. The minimum Gasteiger partial charge on any atom is -0.383 e. The third-order valence-corrected chi connectivity index (χ3v) is 5.29. The molecule has 4 rings (SSSR count). The molecule has 4 N–H and O–H groups in total. The van der Waals surface area contributed by atoms with E-state index in [0.29, 0.717) is 11.7 Å². The highest BCUT2D eigenvalue weighted by molar-refractivity contribution is 7.80. The first-order chi connectivity index (χ1) is 14.7. The lowest BCUT2D eigenvalue weighted by Gasteiger charge is -2.29. The van der Waals surface area contributed by atoms with Crippen molar-refractivity contribution in [3.63, 3.8) is 0 Å². The van der Waals surface area contributed by atoms with Crippen LogP contribution in [0.4, 0.5) is 11.4 Å². The van der Waals surface area contributed by atoms with E-state index in [2.05, 4.69) is 33.4 Å². The first kappa shape index (κ1) is 19.9. The number of hydrogen-bond donors (Lipinski definition) is 4. The smallest absolute Gasteiger partial charge is 0.247 e. The van der Waals surface area contributed by atoms with Gasteiger partial charge in [-0.3, -0.25) is 4.79 Å². The van der Waals surface area contributed by atoms with E-state index >= 15 is 0 Å². The quantitative estimate of drug-likeness (QED) is 0.476. The van der Waals surface area contributed by atoms with Crippen molar-refractivity contribution in [1.82, 2.24) is 10.6 Å². The first-order valence-corrected chi connectivity index (χ1v) is 10.4. The van der Waals surface area contributed by atoms with E-state index in [0.717, 1.165) is 23.4 Å². The summed E-state index contributed by atoms with van der Waals surface area (Å²) in [6, 6.07) is 26.9. The predicted octanol–water partition coefficient (Wildman–Crippen LogP) is 3.87. The van der Waals surface area contributed by atoms with Crippen LogP contribution in [0.3, 0.4) is 0 Å². The number of thiocarbonyl (C=S) groups is 1. The maximum absolute atomic E-state index is 13.2. The first-order valence-electron chi connectivity index (χ1n) is 9.99. The summed E-state index contributed by atoms with van der Waals surface area (Å²) in [6.45, 7) is 0.691. The number of benzene rings is 3.